The number of carbonyl (C=O) groups excluding carboxylic acids is 1. The molecule has 0 fully saturated rings. The van der Waals surface area contributed by atoms with Crippen LogP contribution < -0.4 is 0 Å². The molecule has 3 rings (SSSR count). The number of hydrogen-bond acceptors (Lipinski definition) is 6. The monoisotopic (exact) mass is 371 g/mol. The lowest BCUT2D eigenvalue weighted by molar-refractivity contribution is -0.389. The van der Waals surface area contributed by atoms with Crippen LogP contribution in [0.15, 0.2) is 47.0 Å². The zero-order chi connectivity index (χ0) is 18.5. The molecule has 0 spiro atoms. The molecule has 0 bridgehead atoms. The van der Waals surface area contributed by atoms with Crippen molar-refractivity contribution in [3.05, 3.63) is 74.0 Å². The van der Waals surface area contributed by atoms with Gasteiger partial charge in [0.2, 0.25) is 0 Å². The third-order valence-electron chi connectivity index (χ3n) is 3.61. The lowest BCUT2D eigenvalue weighted by Gasteiger charge is -1.93. The number of thiophene rings is 1. The van der Waals surface area contributed by atoms with Crippen LogP contribution in [-0.2, 0) is 13.0 Å². The lowest BCUT2D eigenvalue weighted by atomic mass is 10.2. The van der Waals surface area contributed by atoms with Crippen molar-refractivity contribution in [2.45, 2.75) is 26.3 Å². The highest BCUT2D eigenvalue weighted by Crippen LogP contribution is 2.20. The van der Waals surface area contributed by atoms with Crippen molar-refractivity contribution in [3.63, 3.8) is 0 Å². The summed E-state index contributed by atoms with van der Waals surface area (Å²) in [6.45, 7) is 2.39. The third kappa shape index (κ3) is 4.34. The van der Waals surface area contributed by atoms with Gasteiger partial charge in [0.05, 0.1) is 22.2 Å². The van der Waals surface area contributed by atoms with E-state index in [0.717, 1.165) is 12.8 Å². The van der Waals surface area contributed by atoms with E-state index in [1.165, 1.54) is 39.2 Å². The van der Waals surface area contributed by atoms with Gasteiger partial charge in [-0.05, 0) is 47.8 Å². The van der Waals surface area contributed by atoms with Gasteiger partial charge in [0.15, 0.2) is 5.78 Å². The standard InChI is InChI=1S/C18H17N3O4S/c1-2-3-15-7-9-17(26-15)16(22)8-6-13-4-5-14(25-13)12-20-11-10-18(19-20)21(23)24/h4-11H,2-3,12H2,1H3/b8-6+. The Morgan fingerprint density at radius 3 is 2.92 bits per heavy atom. The lowest BCUT2D eigenvalue weighted by Crippen LogP contribution is -2.00. The molecule has 0 radical (unpaired) electrons. The van der Waals surface area contributed by atoms with Gasteiger partial charge in [0.1, 0.15) is 18.1 Å². The predicted octanol–water partition coefficient (Wildman–Crippen LogP) is 4.34. The molecule has 0 aliphatic carbocycles. The minimum Gasteiger partial charge on any atom is -0.460 e. The van der Waals surface area contributed by atoms with Crippen molar-refractivity contribution >= 4 is 29.0 Å². The molecule has 0 N–H and O–H groups in total. The summed E-state index contributed by atoms with van der Waals surface area (Å²) in [7, 11) is 0. The average molecular weight is 371 g/mol. The van der Waals surface area contributed by atoms with E-state index >= 15 is 0 Å². The van der Waals surface area contributed by atoms with Crippen LogP contribution in [0.2, 0.25) is 0 Å². The number of nitrogens with zero attached hydrogens (tertiary/aromatic N) is 3. The van der Waals surface area contributed by atoms with Gasteiger partial charge in [0, 0.05) is 4.88 Å². The Kier molecular flexibility index (Phi) is 5.43. The Hall–Kier alpha value is -3.00. The van der Waals surface area contributed by atoms with E-state index < -0.39 is 4.92 Å². The number of ketones is 1. The summed E-state index contributed by atoms with van der Waals surface area (Å²) in [5.41, 5.74) is 0. The highest BCUT2D eigenvalue weighted by molar-refractivity contribution is 7.14. The molecule has 0 aromatic carbocycles. The largest absolute Gasteiger partial charge is 0.460 e. The highest BCUT2D eigenvalue weighted by Gasteiger charge is 2.12. The molecule has 3 aromatic rings. The Morgan fingerprint density at radius 1 is 1.35 bits per heavy atom. The number of rotatable bonds is 8. The van der Waals surface area contributed by atoms with Crippen LogP contribution in [0.25, 0.3) is 6.08 Å². The normalized spacial score (nSPS) is 11.3. The van der Waals surface area contributed by atoms with Crippen molar-refractivity contribution in [2.24, 2.45) is 0 Å². The number of allylic oxidation sites excluding steroid dienone is 1. The zero-order valence-electron chi connectivity index (χ0n) is 14.1. The van der Waals surface area contributed by atoms with E-state index in [1.807, 2.05) is 12.1 Å². The second kappa shape index (κ2) is 7.92. The van der Waals surface area contributed by atoms with Crippen LogP contribution in [0.1, 0.15) is 39.4 Å². The van der Waals surface area contributed by atoms with Crippen LogP contribution >= 0.6 is 11.3 Å². The van der Waals surface area contributed by atoms with Gasteiger partial charge < -0.3 is 14.5 Å². The molecular formula is C18H17N3O4S. The maximum absolute atomic E-state index is 12.2. The van der Waals surface area contributed by atoms with Gasteiger partial charge in [-0.25, -0.2) is 0 Å². The molecule has 0 saturated heterocycles. The van der Waals surface area contributed by atoms with Gasteiger partial charge >= 0.3 is 5.82 Å². The number of carbonyl (C=O) groups is 1. The summed E-state index contributed by atoms with van der Waals surface area (Å²) in [6, 6.07) is 8.66. The van der Waals surface area contributed by atoms with Gasteiger partial charge in [-0.1, -0.05) is 13.3 Å². The first-order valence-corrected chi connectivity index (χ1v) is 8.94. The Labute approximate surface area is 153 Å². The van der Waals surface area contributed by atoms with E-state index in [9.17, 15) is 14.9 Å². The first-order valence-electron chi connectivity index (χ1n) is 8.13. The highest BCUT2D eigenvalue weighted by atomic mass is 32.1. The van der Waals surface area contributed by atoms with E-state index in [-0.39, 0.29) is 18.1 Å². The number of aromatic nitrogens is 2. The Bertz CT molecular complexity index is 951. The summed E-state index contributed by atoms with van der Waals surface area (Å²) < 4.78 is 7.05. The van der Waals surface area contributed by atoms with E-state index in [0.29, 0.717) is 16.4 Å². The second-order valence-corrected chi connectivity index (χ2v) is 6.81. The van der Waals surface area contributed by atoms with Crippen molar-refractivity contribution in [1.82, 2.24) is 9.78 Å². The van der Waals surface area contributed by atoms with Gasteiger partial charge in [-0.2, -0.15) is 4.68 Å². The van der Waals surface area contributed by atoms with Crippen molar-refractivity contribution in [2.75, 3.05) is 0 Å². The molecule has 3 aromatic heterocycles. The quantitative estimate of drug-likeness (QED) is 0.254. The molecule has 0 unspecified atom stereocenters. The summed E-state index contributed by atoms with van der Waals surface area (Å²) in [5, 5.41) is 14.5. The first kappa shape index (κ1) is 17.8. The summed E-state index contributed by atoms with van der Waals surface area (Å²) in [5.74, 6) is 0.871. The molecule has 0 atom stereocenters. The van der Waals surface area contributed by atoms with Crippen molar-refractivity contribution < 1.29 is 14.1 Å². The smallest absolute Gasteiger partial charge is 0.389 e. The van der Waals surface area contributed by atoms with Crippen LogP contribution in [0.3, 0.4) is 0 Å². The minimum absolute atomic E-state index is 0.0574. The fourth-order valence-corrected chi connectivity index (χ4v) is 3.43. The maximum atomic E-state index is 12.2. The van der Waals surface area contributed by atoms with Crippen LogP contribution in [0, 0.1) is 10.1 Å². The molecule has 3 heterocycles. The topological polar surface area (TPSA) is 91.2 Å². The fraction of sp³-hybridized carbons (Fsp3) is 0.222. The molecule has 7 nitrogen and oxygen atoms in total. The van der Waals surface area contributed by atoms with Crippen LogP contribution in [0.5, 0.6) is 0 Å². The Morgan fingerprint density at radius 2 is 2.19 bits per heavy atom. The van der Waals surface area contributed by atoms with Crippen molar-refractivity contribution in [3.8, 4) is 0 Å². The Balaban J connectivity index is 1.62. The minimum atomic E-state index is -0.547. The van der Waals surface area contributed by atoms with Crippen LogP contribution in [-0.4, -0.2) is 20.5 Å². The van der Waals surface area contributed by atoms with Gasteiger partial charge in [0.25, 0.3) is 0 Å². The molecule has 8 heteroatoms. The van der Waals surface area contributed by atoms with Crippen LogP contribution in [0.4, 0.5) is 5.82 Å². The van der Waals surface area contributed by atoms with Gasteiger partial charge in [-0.15, -0.1) is 11.3 Å². The molecule has 0 aliphatic rings. The molecule has 0 amide bonds. The first-order chi connectivity index (χ1) is 12.5. The average Bonchev–Trinajstić information content (AvgIpc) is 3.34. The second-order valence-electron chi connectivity index (χ2n) is 5.65. The maximum Gasteiger partial charge on any atom is 0.389 e. The number of furan rings is 1. The van der Waals surface area contributed by atoms with Gasteiger partial charge in [-0.3, -0.25) is 4.79 Å². The van der Waals surface area contributed by atoms with E-state index in [4.69, 9.17) is 4.42 Å². The fourth-order valence-electron chi connectivity index (χ4n) is 2.40. The number of nitro groups is 1. The van der Waals surface area contributed by atoms with E-state index in [1.54, 1.807) is 18.2 Å². The van der Waals surface area contributed by atoms with E-state index in [2.05, 4.69) is 12.0 Å². The number of hydrogen-bond donors (Lipinski definition) is 0. The van der Waals surface area contributed by atoms with Crippen molar-refractivity contribution in [1.29, 1.82) is 0 Å². The number of aryl methyl sites for hydroxylation is 1. The summed E-state index contributed by atoms with van der Waals surface area (Å²) >= 11 is 1.51. The summed E-state index contributed by atoms with van der Waals surface area (Å²) in [4.78, 5) is 24.2. The molecule has 134 valence electrons. The predicted molar refractivity (Wildman–Crippen MR) is 98.4 cm³/mol. The molecule has 0 saturated carbocycles. The molecule has 0 aliphatic heterocycles. The zero-order valence-corrected chi connectivity index (χ0v) is 14.9. The molecule has 26 heavy (non-hydrogen) atoms. The molecular weight excluding hydrogens is 354 g/mol. The third-order valence-corrected chi connectivity index (χ3v) is 4.77. The SMILES string of the molecule is CCCc1ccc(C(=O)/C=C/c2ccc(Cn3ccc([N+](=O)[O-])n3)o2)s1. The summed E-state index contributed by atoms with van der Waals surface area (Å²) in [6.07, 6.45) is 6.66.